The molecule has 3 N–H and O–H groups in total. The minimum Gasteiger partial charge on any atom is -0.388 e. The van der Waals surface area contributed by atoms with Gasteiger partial charge in [0.15, 0.2) is 6.29 Å². The molecule has 0 aliphatic carbocycles. The van der Waals surface area contributed by atoms with Crippen molar-refractivity contribution in [1.29, 1.82) is 0 Å². The normalized spacial score (nSPS) is 45.8. The van der Waals surface area contributed by atoms with Gasteiger partial charge in [0.1, 0.15) is 18.3 Å². The molecule has 1 aliphatic rings. The second kappa shape index (κ2) is 3.46. The van der Waals surface area contributed by atoms with E-state index in [0.717, 1.165) is 0 Å². The molecule has 11 heavy (non-hydrogen) atoms. The monoisotopic (exact) mass is 164 g/mol. The van der Waals surface area contributed by atoms with E-state index in [1.165, 1.54) is 7.11 Å². The van der Waals surface area contributed by atoms with E-state index >= 15 is 0 Å². The lowest BCUT2D eigenvalue weighted by molar-refractivity contribution is -0.257. The van der Waals surface area contributed by atoms with Crippen LogP contribution in [0.25, 0.3) is 0 Å². The fourth-order valence-corrected chi connectivity index (χ4v) is 1.08. The van der Waals surface area contributed by atoms with Gasteiger partial charge in [0.2, 0.25) is 0 Å². The zero-order valence-electron chi connectivity index (χ0n) is 6.17. The van der Waals surface area contributed by atoms with Crippen LogP contribution in [0.2, 0.25) is 0 Å². The second-order valence-corrected chi connectivity index (χ2v) is 2.48. The Labute approximate surface area is 64.2 Å². The highest BCUT2D eigenvalue weighted by Crippen LogP contribution is 2.15. The number of rotatable bonds is 1. The SMILES string of the molecule is CO[C@@H]1[C@@H](O)[C@H](O)OC[C@H]1O. The summed E-state index contributed by atoms with van der Waals surface area (Å²) in [5.41, 5.74) is 0. The Morgan fingerprint density at radius 1 is 1.36 bits per heavy atom. The summed E-state index contributed by atoms with van der Waals surface area (Å²) in [5.74, 6) is 0. The molecule has 0 unspecified atom stereocenters. The Bertz CT molecular complexity index is 128. The minimum absolute atomic E-state index is 0.0171. The van der Waals surface area contributed by atoms with Crippen molar-refractivity contribution >= 4 is 0 Å². The third-order valence-electron chi connectivity index (χ3n) is 1.72. The summed E-state index contributed by atoms with van der Waals surface area (Å²) >= 11 is 0. The predicted molar refractivity (Wildman–Crippen MR) is 34.8 cm³/mol. The Morgan fingerprint density at radius 2 is 2.00 bits per heavy atom. The first kappa shape index (κ1) is 8.89. The Hall–Kier alpha value is -0.200. The van der Waals surface area contributed by atoms with Gasteiger partial charge in [-0.2, -0.15) is 0 Å². The number of methoxy groups -OCH3 is 1. The second-order valence-electron chi connectivity index (χ2n) is 2.48. The average molecular weight is 164 g/mol. The van der Waals surface area contributed by atoms with Crippen LogP contribution in [-0.4, -0.2) is 53.6 Å². The van der Waals surface area contributed by atoms with Crippen LogP contribution in [0.15, 0.2) is 0 Å². The number of aliphatic hydroxyl groups is 3. The van der Waals surface area contributed by atoms with Gasteiger partial charge in [-0.15, -0.1) is 0 Å². The van der Waals surface area contributed by atoms with Crippen molar-refractivity contribution in [2.75, 3.05) is 13.7 Å². The first-order chi connectivity index (χ1) is 5.16. The van der Waals surface area contributed by atoms with E-state index in [1.807, 2.05) is 0 Å². The van der Waals surface area contributed by atoms with Gasteiger partial charge in [-0.25, -0.2) is 0 Å². The maximum absolute atomic E-state index is 9.15. The summed E-state index contributed by atoms with van der Waals surface area (Å²) in [6, 6.07) is 0. The molecular formula is C6H12O5. The number of ether oxygens (including phenoxy) is 2. The van der Waals surface area contributed by atoms with Gasteiger partial charge in [-0.05, 0) is 0 Å². The Balaban J connectivity index is 2.55. The van der Waals surface area contributed by atoms with Crippen LogP contribution < -0.4 is 0 Å². The van der Waals surface area contributed by atoms with E-state index in [-0.39, 0.29) is 6.61 Å². The molecule has 1 saturated heterocycles. The molecule has 0 radical (unpaired) electrons. The number of aliphatic hydroxyl groups excluding tert-OH is 3. The van der Waals surface area contributed by atoms with Gasteiger partial charge in [0.25, 0.3) is 0 Å². The van der Waals surface area contributed by atoms with E-state index in [0.29, 0.717) is 0 Å². The third-order valence-corrected chi connectivity index (χ3v) is 1.72. The molecule has 66 valence electrons. The van der Waals surface area contributed by atoms with Crippen LogP contribution in [0.1, 0.15) is 0 Å². The molecule has 5 nitrogen and oxygen atoms in total. The van der Waals surface area contributed by atoms with Crippen molar-refractivity contribution in [3.8, 4) is 0 Å². The molecule has 0 aromatic carbocycles. The molecule has 5 heteroatoms. The molecule has 0 spiro atoms. The van der Waals surface area contributed by atoms with E-state index in [9.17, 15) is 0 Å². The Morgan fingerprint density at radius 3 is 2.45 bits per heavy atom. The van der Waals surface area contributed by atoms with E-state index in [1.54, 1.807) is 0 Å². The average Bonchev–Trinajstić information content (AvgIpc) is 1.99. The fraction of sp³-hybridized carbons (Fsp3) is 1.00. The highest BCUT2D eigenvalue weighted by molar-refractivity contribution is 4.82. The maximum Gasteiger partial charge on any atom is 0.183 e. The highest BCUT2D eigenvalue weighted by atomic mass is 16.6. The van der Waals surface area contributed by atoms with Crippen LogP contribution >= 0.6 is 0 Å². The quantitative estimate of drug-likeness (QED) is 0.420. The molecule has 1 heterocycles. The summed E-state index contributed by atoms with van der Waals surface area (Å²) in [7, 11) is 1.36. The molecule has 0 amide bonds. The van der Waals surface area contributed by atoms with Crippen molar-refractivity contribution in [3.05, 3.63) is 0 Å². The molecule has 1 rings (SSSR count). The van der Waals surface area contributed by atoms with Gasteiger partial charge < -0.3 is 24.8 Å². The summed E-state index contributed by atoms with van der Waals surface area (Å²) in [6.45, 7) is -0.0171. The summed E-state index contributed by atoms with van der Waals surface area (Å²) < 4.78 is 9.36. The van der Waals surface area contributed by atoms with Gasteiger partial charge >= 0.3 is 0 Å². The number of hydrogen-bond donors (Lipinski definition) is 3. The van der Waals surface area contributed by atoms with Crippen molar-refractivity contribution < 1.29 is 24.8 Å². The van der Waals surface area contributed by atoms with Gasteiger partial charge in [-0.3, -0.25) is 0 Å². The highest BCUT2D eigenvalue weighted by Gasteiger charge is 2.37. The van der Waals surface area contributed by atoms with E-state index in [2.05, 4.69) is 4.74 Å². The van der Waals surface area contributed by atoms with Crippen molar-refractivity contribution in [2.45, 2.75) is 24.6 Å². The Kier molecular flexibility index (Phi) is 2.80. The van der Waals surface area contributed by atoms with Crippen LogP contribution in [0.4, 0.5) is 0 Å². The fourth-order valence-electron chi connectivity index (χ4n) is 1.08. The topological polar surface area (TPSA) is 79.2 Å². The first-order valence-electron chi connectivity index (χ1n) is 3.35. The van der Waals surface area contributed by atoms with E-state index in [4.69, 9.17) is 20.1 Å². The lowest BCUT2D eigenvalue weighted by atomic mass is 10.1. The molecule has 0 saturated carbocycles. The molecule has 0 aromatic rings. The summed E-state index contributed by atoms with van der Waals surface area (Å²) in [4.78, 5) is 0. The lowest BCUT2D eigenvalue weighted by Crippen LogP contribution is -2.53. The molecule has 0 aromatic heterocycles. The van der Waals surface area contributed by atoms with Crippen molar-refractivity contribution in [3.63, 3.8) is 0 Å². The largest absolute Gasteiger partial charge is 0.388 e. The predicted octanol–water partition coefficient (Wildman–Crippen LogP) is -1.93. The van der Waals surface area contributed by atoms with Crippen LogP contribution in [0.3, 0.4) is 0 Å². The van der Waals surface area contributed by atoms with Gasteiger partial charge in [-0.1, -0.05) is 0 Å². The van der Waals surface area contributed by atoms with Crippen molar-refractivity contribution in [2.24, 2.45) is 0 Å². The summed E-state index contributed by atoms with van der Waals surface area (Å²) in [5, 5.41) is 27.2. The molecular weight excluding hydrogens is 152 g/mol. The standard InChI is InChI=1S/C6H12O5/c1-10-5-3(7)2-11-6(9)4(5)8/h3-9H,2H2,1H3/t3-,4-,5+,6-/m1/s1. The van der Waals surface area contributed by atoms with Gasteiger partial charge in [0.05, 0.1) is 6.61 Å². The van der Waals surface area contributed by atoms with E-state index < -0.39 is 24.6 Å². The zero-order chi connectivity index (χ0) is 8.43. The molecule has 1 fully saturated rings. The lowest BCUT2D eigenvalue weighted by Gasteiger charge is -2.34. The molecule has 0 bridgehead atoms. The third kappa shape index (κ3) is 1.69. The zero-order valence-corrected chi connectivity index (χ0v) is 6.17. The van der Waals surface area contributed by atoms with Crippen LogP contribution in [0, 0.1) is 0 Å². The minimum atomic E-state index is -1.26. The van der Waals surface area contributed by atoms with Gasteiger partial charge in [0, 0.05) is 7.11 Å². The first-order valence-corrected chi connectivity index (χ1v) is 3.35. The smallest absolute Gasteiger partial charge is 0.183 e. The molecule has 4 atom stereocenters. The van der Waals surface area contributed by atoms with Crippen molar-refractivity contribution in [1.82, 2.24) is 0 Å². The molecule has 1 aliphatic heterocycles. The number of hydrogen-bond acceptors (Lipinski definition) is 5. The summed E-state index contributed by atoms with van der Waals surface area (Å²) in [6.07, 6.45) is -4.08. The maximum atomic E-state index is 9.15. The van der Waals surface area contributed by atoms with Crippen LogP contribution in [-0.2, 0) is 9.47 Å². The van der Waals surface area contributed by atoms with Crippen LogP contribution in [0.5, 0.6) is 0 Å².